The molecule has 0 aliphatic rings. The lowest BCUT2D eigenvalue weighted by Gasteiger charge is -2.09. The van der Waals surface area contributed by atoms with Crippen molar-refractivity contribution >= 4 is 51.8 Å². The summed E-state index contributed by atoms with van der Waals surface area (Å²) in [6.45, 7) is 0. The minimum absolute atomic E-state index is 0.00589. The maximum absolute atomic E-state index is 12.1. The highest BCUT2D eigenvalue weighted by atomic mass is 127. The molecule has 2 aromatic carbocycles. The van der Waals surface area contributed by atoms with Gasteiger partial charge in [0.1, 0.15) is 5.75 Å². The summed E-state index contributed by atoms with van der Waals surface area (Å²) in [6, 6.07) is 8.48. The molecule has 1 amide bonds. The Morgan fingerprint density at radius 3 is 2.38 bits per heavy atom. The first-order valence-corrected chi connectivity index (χ1v) is 7.17. The van der Waals surface area contributed by atoms with Gasteiger partial charge in [-0.15, -0.1) is 0 Å². The largest absolute Gasteiger partial charge is 0.507 e. The molecule has 0 saturated heterocycles. The molecule has 0 spiro atoms. The number of amides is 1. The van der Waals surface area contributed by atoms with Gasteiger partial charge in [0.2, 0.25) is 0 Å². The smallest absolute Gasteiger partial charge is 0.335 e. The minimum Gasteiger partial charge on any atom is -0.507 e. The van der Waals surface area contributed by atoms with Gasteiger partial charge in [-0.1, -0.05) is 11.6 Å². The van der Waals surface area contributed by atoms with Gasteiger partial charge >= 0.3 is 5.97 Å². The predicted molar refractivity (Wildman–Crippen MR) is 87.2 cm³/mol. The summed E-state index contributed by atoms with van der Waals surface area (Å²) in [6.07, 6.45) is 0. The molecule has 0 radical (unpaired) electrons. The summed E-state index contributed by atoms with van der Waals surface area (Å²) in [7, 11) is 0. The Hall–Kier alpha value is -1.80. The fraction of sp³-hybridized carbons (Fsp3) is 0. The maximum Gasteiger partial charge on any atom is 0.335 e. The van der Waals surface area contributed by atoms with Gasteiger partial charge in [0.05, 0.1) is 19.8 Å². The Bertz CT molecular complexity index is 733. The number of rotatable bonds is 3. The molecule has 0 atom stereocenters. The van der Waals surface area contributed by atoms with Gasteiger partial charge in [-0.05, 0) is 59.0 Å². The number of phenols is 1. The number of phenolic OH excluding ortho intramolecular Hbond substituents is 1. The van der Waals surface area contributed by atoms with Gasteiger partial charge in [0, 0.05) is 5.56 Å². The van der Waals surface area contributed by atoms with E-state index >= 15 is 0 Å². The number of anilines is 1. The molecular weight excluding hydrogens is 409 g/mol. The van der Waals surface area contributed by atoms with Crippen LogP contribution >= 0.6 is 34.2 Å². The van der Waals surface area contributed by atoms with Crippen molar-refractivity contribution in [3.05, 3.63) is 56.1 Å². The second kappa shape index (κ2) is 6.31. The zero-order chi connectivity index (χ0) is 15.6. The van der Waals surface area contributed by atoms with Gasteiger partial charge < -0.3 is 15.5 Å². The summed E-state index contributed by atoms with van der Waals surface area (Å²) in [4.78, 5) is 23.0. The number of hydrogen-bond donors (Lipinski definition) is 3. The standard InChI is InChI=1S/C14H9ClINO4/c15-9-3-1-8(14(20)21)5-11(9)17-13(19)7-2-4-10(16)12(18)6-7/h1-6,18H,(H,17,19)(H,20,21). The molecule has 0 aliphatic heterocycles. The van der Waals surface area contributed by atoms with E-state index in [9.17, 15) is 14.7 Å². The fourth-order valence-corrected chi connectivity index (χ4v) is 2.10. The number of carboxylic acids is 1. The first kappa shape index (κ1) is 15.6. The van der Waals surface area contributed by atoms with Crippen LogP contribution in [0, 0.1) is 3.57 Å². The van der Waals surface area contributed by atoms with Crippen LogP contribution in [0.1, 0.15) is 20.7 Å². The lowest BCUT2D eigenvalue weighted by Crippen LogP contribution is -2.13. The topological polar surface area (TPSA) is 86.6 Å². The van der Waals surface area contributed by atoms with Crippen LogP contribution in [0.5, 0.6) is 5.75 Å². The van der Waals surface area contributed by atoms with Crippen molar-refractivity contribution in [2.24, 2.45) is 0 Å². The summed E-state index contributed by atoms with van der Waals surface area (Å²) < 4.78 is 0.620. The fourth-order valence-electron chi connectivity index (χ4n) is 1.60. The molecule has 0 heterocycles. The second-order valence-corrected chi connectivity index (χ2v) is 5.69. The Balaban J connectivity index is 2.28. The van der Waals surface area contributed by atoms with E-state index < -0.39 is 11.9 Å². The van der Waals surface area contributed by atoms with E-state index in [1.165, 1.54) is 24.3 Å². The van der Waals surface area contributed by atoms with Gasteiger partial charge in [-0.2, -0.15) is 0 Å². The lowest BCUT2D eigenvalue weighted by molar-refractivity contribution is 0.0696. The Morgan fingerprint density at radius 2 is 1.76 bits per heavy atom. The van der Waals surface area contributed by atoms with Crippen LogP contribution < -0.4 is 5.32 Å². The second-order valence-electron chi connectivity index (χ2n) is 4.12. The molecule has 0 bridgehead atoms. The van der Waals surface area contributed by atoms with Gasteiger partial charge in [-0.3, -0.25) is 4.79 Å². The molecule has 108 valence electrons. The van der Waals surface area contributed by atoms with E-state index in [1.807, 2.05) is 22.6 Å². The number of aromatic hydroxyl groups is 1. The van der Waals surface area contributed by atoms with Crippen LogP contribution in [-0.4, -0.2) is 22.1 Å². The van der Waals surface area contributed by atoms with E-state index in [4.69, 9.17) is 16.7 Å². The van der Waals surface area contributed by atoms with Crippen molar-refractivity contribution in [2.75, 3.05) is 5.32 Å². The van der Waals surface area contributed by atoms with Crippen LogP contribution in [0.4, 0.5) is 5.69 Å². The number of benzene rings is 2. The van der Waals surface area contributed by atoms with E-state index in [1.54, 1.807) is 12.1 Å². The molecule has 7 heteroatoms. The molecule has 0 aliphatic carbocycles. The monoisotopic (exact) mass is 417 g/mol. The first-order chi connectivity index (χ1) is 9.88. The van der Waals surface area contributed by atoms with Crippen LogP contribution in [0.25, 0.3) is 0 Å². The maximum atomic E-state index is 12.1. The van der Waals surface area contributed by atoms with Crippen molar-refractivity contribution < 1.29 is 19.8 Å². The summed E-state index contributed by atoms with van der Waals surface area (Å²) >= 11 is 7.87. The third-order valence-corrected chi connectivity index (χ3v) is 3.91. The van der Waals surface area contributed by atoms with Crippen molar-refractivity contribution in [2.45, 2.75) is 0 Å². The highest BCUT2D eigenvalue weighted by Crippen LogP contribution is 2.25. The van der Waals surface area contributed by atoms with E-state index in [-0.39, 0.29) is 27.6 Å². The van der Waals surface area contributed by atoms with Crippen LogP contribution in [0.3, 0.4) is 0 Å². The van der Waals surface area contributed by atoms with Gasteiger partial charge in [-0.25, -0.2) is 4.79 Å². The van der Waals surface area contributed by atoms with Crippen molar-refractivity contribution in [3.63, 3.8) is 0 Å². The molecule has 0 saturated carbocycles. The molecule has 5 nitrogen and oxygen atoms in total. The molecule has 21 heavy (non-hydrogen) atoms. The van der Waals surface area contributed by atoms with Crippen LogP contribution in [-0.2, 0) is 0 Å². The average Bonchev–Trinajstić information content (AvgIpc) is 2.43. The predicted octanol–water partition coefficient (Wildman–Crippen LogP) is 3.60. The molecule has 2 aromatic rings. The number of hydrogen-bond acceptors (Lipinski definition) is 3. The first-order valence-electron chi connectivity index (χ1n) is 5.71. The number of nitrogens with one attached hydrogen (secondary N) is 1. The number of carboxylic acid groups (broad SMARTS) is 1. The molecule has 2 rings (SSSR count). The van der Waals surface area contributed by atoms with Crippen molar-refractivity contribution in [1.29, 1.82) is 0 Å². The zero-order valence-electron chi connectivity index (χ0n) is 10.4. The molecule has 3 N–H and O–H groups in total. The quantitative estimate of drug-likeness (QED) is 0.666. The van der Waals surface area contributed by atoms with E-state index in [2.05, 4.69) is 5.32 Å². The molecule has 0 aromatic heterocycles. The van der Waals surface area contributed by atoms with Gasteiger partial charge in [0.25, 0.3) is 5.91 Å². The highest BCUT2D eigenvalue weighted by molar-refractivity contribution is 14.1. The van der Waals surface area contributed by atoms with Crippen LogP contribution in [0.15, 0.2) is 36.4 Å². The number of carbonyl (C=O) groups excluding carboxylic acids is 1. The molecule has 0 fully saturated rings. The Labute approximate surface area is 138 Å². The number of aromatic carboxylic acids is 1. The van der Waals surface area contributed by atoms with Gasteiger partial charge in [0.15, 0.2) is 0 Å². The normalized spacial score (nSPS) is 10.2. The molecular formula is C14H9ClINO4. The van der Waals surface area contributed by atoms with Crippen molar-refractivity contribution in [3.8, 4) is 5.75 Å². The SMILES string of the molecule is O=C(O)c1ccc(Cl)c(NC(=O)c2ccc(I)c(O)c2)c1. The van der Waals surface area contributed by atoms with E-state index in [0.717, 1.165) is 0 Å². The minimum atomic E-state index is -1.12. The average molecular weight is 418 g/mol. The Morgan fingerprint density at radius 1 is 1.10 bits per heavy atom. The third kappa shape index (κ3) is 3.64. The summed E-state index contributed by atoms with van der Waals surface area (Å²) in [5, 5.41) is 21.3. The summed E-state index contributed by atoms with van der Waals surface area (Å²) in [5.41, 5.74) is 0.449. The number of halogens is 2. The molecule has 0 unspecified atom stereocenters. The van der Waals surface area contributed by atoms with E-state index in [0.29, 0.717) is 3.57 Å². The van der Waals surface area contributed by atoms with Crippen LogP contribution in [0.2, 0.25) is 5.02 Å². The lowest BCUT2D eigenvalue weighted by atomic mass is 10.1. The summed E-state index contributed by atoms with van der Waals surface area (Å²) in [5.74, 6) is -1.62. The Kier molecular flexibility index (Phi) is 4.69. The zero-order valence-corrected chi connectivity index (χ0v) is 13.3. The van der Waals surface area contributed by atoms with Crippen molar-refractivity contribution in [1.82, 2.24) is 0 Å². The number of carbonyl (C=O) groups is 2. The highest BCUT2D eigenvalue weighted by Gasteiger charge is 2.12. The third-order valence-electron chi connectivity index (χ3n) is 2.67.